The van der Waals surface area contributed by atoms with E-state index >= 15 is 0 Å². The molecule has 32 heavy (non-hydrogen) atoms. The molecule has 4 rings (SSSR count). The third-order valence-electron chi connectivity index (χ3n) is 5.15. The third-order valence-corrected chi connectivity index (χ3v) is 5.15. The lowest BCUT2D eigenvalue weighted by Crippen LogP contribution is -3.10. The van der Waals surface area contributed by atoms with E-state index in [1.165, 1.54) is 17.3 Å². The van der Waals surface area contributed by atoms with Crippen molar-refractivity contribution in [3.05, 3.63) is 114 Å². The van der Waals surface area contributed by atoms with Gasteiger partial charge in [-0.3, -0.25) is 4.79 Å². The van der Waals surface area contributed by atoms with Gasteiger partial charge in [0, 0.05) is 11.1 Å². The maximum absolute atomic E-state index is 13.1. The zero-order chi connectivity index (χ0) is 22.2. The van der Waals surface area contributed by atoms with Crippen molar-refractivity contribution in [1.82, 2.24) is 9.78 Å². The van der Waals surface area contributed by atoms with E-state index in [9.17, 15) is 10.1 Å². The summed E-state index contributed by atoms with van der Waals surface area (Å²) in [5.74, 6) is 0.225. The number of nitrogens with zero attached hydrogens (tertiary/aromatic N) is 3. The van der Waals surface area contributed by atoms with Gasteiger partial charge in [0.15, 0.2) is 12.4 Å². The van der Waals surface area contributed by atoms with Crippen molar-refractivity contribution in [2.45, 2.75) is 13.1 Å². The summed E-state index contributed by atoms with van der Waals surface area (Å²) in [6, 6.07) is 31.9. The quantitative estimate of drug-likeness (QED) is 0.458. The number of amides is 1. The monoisotopic (exact) mass is 422 g/mol. The van der Waals surface area contributed by atoms with Crippen LogP contribution in [0.1, 0.15) is 16.7 Å². The number of anilines is 1. The van der Waals surface area contributed by atoms with Gasteiger partial charge in [-0.25, -0.2) is 4.68 Å². The van der Waals surface area contributed by atoms with E-state index < -0.39 is 0 Å². The van der Waals surface area contributed by atoms with E-state index in [0.29, 0.717) is 24.5 Å². The van der Waals surface area contributed by atoms with Gasteiger partial charge in [0.05, 0.1) is 11.9 Å². The van der Waals surface area contributed by atoms with Crippen molar-refractivity contribution in [1.29, 1.82) is 5.26 Å². The van der Waals surface area contributed by atoms with Crippen molar-refractivity contribution in [3.8, 4) is 11.8 Å². The van der Waals surface area contributed by atoms with E-state index in [0.717, 1.165) is 10.6 Å². The fourth-order valence-electron chi connectivity index (χ4n) is 3.68. The average molecular weight is 423 g/mol. The summed E-state index contributed by atoms with van der Waals surface area (Å²) in [5.41, 5.74) is 3.44. The smallest absolute Gasteiger partial charge is 0.280 e. The van der Waals surface area contributed by atoms with Gasteiger partial charge >= 0.3 is 0 Å². The average Bonchev–Trinajstić information content (AvgIpc) is 3.23. The SMILES string of the molecule is N#Cc1cnn(-c2ccccc2)c1NC(=O)C[NH+](Cc1ccccc1)Cc1ccccc1. The summed E-state index contributed by atoms with van der Waals surface area (Å²) in [4.78, 5) is 14.2. The molecule has 0 saturated carbocycles. The highest BCUT2D eigenvalue weighted by Gasteiger charge is 2.20. The molecule has 4 aromatic rings. The predicted molar refractivity (Wildman–Crippen MR) is 123 cm³/mol. The Balaban J connectivity index is 1.54. The van der Waals surface area contributed by atoms with Gasteiger partial charge in [0.1, 0.15) is 24.7 Å². The maximum Gasteiger partial charge on any atom is 0.280 e. The van der Waals surface area contributed by atoms with Gasteiger partial charge in [-0.1, -0.05) is 78.9 Å². The Kier molecular flexibility index (Phi) is 6.71. The van der Waals surface area contributed by atoms with Crippen molar-refractivity contribution in [3.63, 3.8) is 0 Å². The summed E-state index contributed by atoms with van der Waals surface area (Å²) >= 11 is 0. The van der Waals surface area contributed by atoms with Crippen LogP contribution in [0.25, 0.3) is 5.69 Å². The lowest BCUT2D eigenvalue weighted by molar-refractivity contribution is -0.919. The van der Waals surface area contributed by atoms with Crippen molar-refractivity contribution in [2.24, 2.45) is 0 Å². The van der Waals surface area contributed by atoms with Crippen molar-refractivity contribution < 1.29 is 9.69 Å². The van der Waals surface area contributed by atoms with Crippen LogP contribution in [0.15, 0.2) is 97.2 Å². The summed E-state index contributed by atoms with van der Waals surface area (Å²) in [6.07, 6.45) is 1.47. The molecular formula is C26H24N5O+. The molecule has 0 aliphatic rings. The first-order chi connectivity index (χ1) is 15.7. The fourth-order valence-corrected chi connectivity index (χ4v) is 3.68. The first-order valence-electron chi connectivity index (χ1n) is 10.5. The van der Waals surface area contributed by atoms with Gasteiger partial charge in [0.25, 0.3) is 5.91 Å². The number of carbonyl (C=O) groups excluding carboxylic acids is 1. The Hall–Kier alpha value is -4.21. The molecule has 3 aromatic carbocycles. The first kappa shape index (κ1) is 21.0. The van der Waals surface area contributed by atoms with Gasteiger partial charge in [0.2, 0.25) is 0 Å². The molecule has 6 heteroatoms. The van der Waals surface area contributed by atoms with Crippen LogP contribution in [-0.4, -0.2) is 22.2 Å². The number of aromatic nitrogens is 2. The molecule has 158 valence electrons. The minimum Gasteiger partial charge on any atom is -0.320 e. The molecular weight excluding hydrogens is 398 g/mol. The molecule has 0 radical (unpaired) electrons. The number of benzene rings is 3. The molecule has 1 aromatic heterocycles. The van der Waals surface area contributed by atoms with Gasteiger partial charge in [-0.2, -0.15) is 10.4 Å². The van der Waals surface area contributed by atoms with Crippen LogP contribution < -0.4 is 10.2 Å². The molecule has 0 bridgehead atoms. The lowest BCUT2D eigenvalue weighted by Gasteiger charge is -2.20. The zero-order valence-corrected chi connectivity index (χ0v) is 17.6. The second-order valence-electron chi connectivity index (χ2n) is 7.57. The number of hydrogen-bond acceptors (Lipinski definition) is 3. The number of hydrogen-bond donors (Lipinski definition) is 2. The van der Waals surface area contributed by atoms with Crippen molar-refractivity contribution in [2.75, 3.05) is 11.9 Å². The Labute approximate surface area is 187 Å². The van der Waals surface area contributed by atoms with Crippen LogP contribution in [0.3, 0.4) is 0 Å². The van der Waals surface area contributed by atoms with Crippen LogP contribution in [0.2, 0.25) is 0 Å². The minimum absolute atomic E-state index is 0.166. The molecule has 6 nitrogen and oxygen atoms in total. The first-order valence-corrected chi connectivity index (χ1v) is 10.5. The number of nitriles is 1. The van der Waals surface area contributed by atoms with E-state index in [4.69, 9.17) is 0 Å². The topological polar surface area (TPSA) is 75.2 Å². The Morgan fingerprint density at radius 3 is 1.94 bits per heavy atom. The summed E-state index contributed by atoms with van der Waals surface area (Å²) in [5, 5.41) is 16.7. The second-order valence-corrected chi connectivity index (χ2v) is 7.57. The minimum atomic E-state index is -0.166. The predicted octanol–water partition coefficient (Wildman–Crippen LogP) is 2.97. The standard InChI is InChI=1S/C26H23N5O/c27-16-23-17-28-31(24-14-8-3-9-15-24)26(23)29-25(32)20-30(18-21-10-4-1-5-11-21)19-22-12-6-2-7-13-22/h1-15,17H,18-20H2,(H,29,32)/p+1. The van der Waals surface area contributed by atoms with Crippen molar-refractivity contribution >= 4 is 11.7 Å². The molecule has 0 atom stereocenters. The number of carbonyl (C=O) groups is 1. The van der Waals surface area contributed by atoms with E-state index in [2.05, 4.69) is 40.8 Å². The third kappa shape index (κ3) is 5.28. The van der Waals surface area contributed by atoms with Crippen LogP contribution in [0.4, 0.5) is 5.82 Å². The normalized spacial score (nSPS) is 10.6. The molecule has 1 amide bonds. The molecule has 0 aliphatic heterocycles. The number of quaternary nitrogens is 1. The highest BCUT2D eigenvalue weighted by Crippen LogP contribution is 2.19. The molecule has 1 heterocycles. The Morgan fingerprint density at radius 1 is 0.875 bits per heavy atom. The van der Waals surface area contributed by atoms with Gasteiger partial charge in [-0.15, -0.1) is 0 Å². The lowest BCUT2D eigenvalue weighted by atomic mass is 10.1. The molecule has 2 N–H and O–H groups in total. The number of rotatable bonds is 8. The largest absolute Gasteiger partial charge is 0.320 e. The number of para-hydroxylation sites is 1. The molecule has 0 unspecified atom stereocenters. The van der Waals surface area contributed by atoms with Crippen LogP contribution in [0.5, 0.6) is 0 Å². The summed E-state index contributed by atoms with van der Waals surface area (Å²) < 4.78 is 1.59. The van der Waals surface area contributed by atoms with Crippen LogP contribution in [-0.2, 0) is 17.9 Å². The molecule has 0 saturated heterocycles. The highest BCUT2D eigenvalue weighted by atomic mass is 16.2. The van der Waals surface area contributed by atoms with Crippen LogP contribution in [0, 0.1) is 11.3 Å². The van der Waals surface area contributed by atoms with E-state index in [-0.39, 0.29) is 12.5 Å². The molecule has 0 fully saturated rings. The highest BCUT2D eigenvalue weighted by molar-refractivity contribution is 5.92. The second kappa shape index (κ2) is 10.2. The molecule has 0 aliphatic carbocycles. The molecule has 0 spiro atoms. The van der Waals surface area contributed by atoms with Crippen LogP contribution >= 0.6 is 0 Å². The number of nitrogens with one attached hydrogen (secondary N) is 2. The zero-order valence-electron chi connectivity index (χ0n) is 17.6. The summed E-state index contributed by atoms with van der Waals surface area (Å²) in [6.45, 7) is 1.69. The van der Waals surface area contributed by atoms with E-state index in [1.807, 2.05) is 66.7 Å². The fraction of sp³-hybridized carbons (Fsp3) is 0.115. The Bertz CT molecular complexity index is 1160. The van der Waals surface area contributed by atoms with Gasteiger partial charge in [-0.05, 0) is 12.1 Å². The maximum atomic E-state index is 13.1. The van der Waals surface area contributed by atoms with Gasteiger partial charge < -0.3 is 10.2 Å². The summed E-state index contributed by atoms with van der Waals surface area (Å²) in [7, 11) is 0. The Morgan fingerprint density at radius 2 is 1.41 bits per heavy atom. The van der Waals surface area contributed by atoms with E-state index in [1.54, 1.807) is 4.68 Å².